The summed E-state index contributed by atoms with van der Waals surface area (Å²) in [6.07, 6.45) is -0.0590. The van der Waals surface area contributed by atoms with Crippen LogP contribution in [0, 0.1) is 11.8 Å². The third kappa shape index (κ3) is 7.65. The maximum atomic E-state index is 12.8. The molecule has 0 spiro atoms. The first-order chi connectivity index (χ1) is 15.7. The molecule has 34 heavy (non-hydrogen) atoms. The van der Waals surface area contributed by atoms with Gasteiger partial charge in [0.15, 0.2) is 0 Å². The second-order valence-corrected chi connectivity index (χ2v) is 16.3. The zero-order valence-electron chi connectivity index (χ0n) is 22.5. The van der Waals surface area contributed by atoms with E-state index < -0.39 is 14.4 Å². The van der Waals surface area contributed by atoms with Crippen LogP contribution < -0.4 is 14.6 Å². The summed E-state index contributed by atoms with van der Waals surface area (Å²) < 4.78 is 17.3. The van der Waals surface area contributed by atoms with Gasteiger partial charge in [0, 0.05) is 19.0 Å². The van der Waals surface area contributed by atoms with Crippen LogP contribution in [-0.4, -0.2) is 46.8 Å². The molecule has 0 radical (unpaired) electrons. The van der Waals surface area contributed by atoms with Crippen molar-refractivity contribution in [3.8, 4) is 5.75 Å². The van der Waals surface area contributed by atoms with Crippen molar-refractivity contribution in [3.63, 3.8) is 0 Å². The van der Waals surface area contributed by atoms with Crippen molar-refractivity contribution in [3.05, 3.63) is 23.8 Å². The fourth-order valence-electron chi connectivity index (χ4n) is 3.41. The highest BCUT2D eigenvalue weighted by atomic mass is 28.4. The van der Waals surface area contributed by atoms with Crippen LogP contribution in [0.4, 0.5) is 15.3 Å². The van der Waals surface area contributed by atoms with Crippen molar-refractivity contribution < 1.29 is 23.5 Å². The zero-order chi connectivity index (χ0) is 25.7. The molecule has 0 aromatic heterocycles. The van der Waals surface area contributed by atoms with Crippen LogP contribution in [-0.2, 0) is 9.47 Å². The Morgan fingerprint density at radius 2 is 1.71 bits per heavy atom. The highest BCUT2D eigenvalue weighted by Crippen LogP contribution is 2.43. The smallest absolute Gasteiger partial charge is 0.414 e. The summed E-state index contributed by atoms with van der Waals surface area (Å²) in [5.41, 5.74) is 1.90. The molecule has 0 fully saturated rings. The normalized spacial score (nSPS) is 16.0. The summed E-state index contributed by atoms with van der Waals surface area (Å²) in [6.45, 7) is 20.9. The van der Waals surface area contributed by atoms with Gasteiger partial charge in [0.05, 0.1) is 18.9 Å². The largest absolute Gasteiger partial charge is 0.543 e. The number of fused-ring (bicyclic) bond motifs is 1. The fraction of sp³-hybridized carbons (Fsp3) is 0.692. The molecule has 0 bridgehead atoms. The number of carbonyl (C=O) groups excluding carboxylic acids is 2. The van der Waals surface area contributed by atoms with Crippen molar-refractivity contribution in [2.75, 3.05) is 31.2 Å². The van der Waals surface area contributed by atoms with Gasteiger partial charge in [0.1, 0.15) is 5.75 Å². The minimum absolute atomic E-state index is 0.0648. The van der Waals surface area contributed by atoms with Gasteiger partial charge in [-0.1, -0.05) is 48.5 Å². The minimum Gasteiger partial charge on any atom is -0.543 e. The van der Waals surface area contributed by atoms with E-state index in [2.05, 4.69) is 45.2 Å². The van der Waals surface area contributed by atoms with Crippen molar-refractivity contribution in [1.82, 2.24) is 5.32 Å². The lowest BCUT2D eigenvalue weighted by atomic mass is 9.98. The lowest BCUT2D eigenvalue weighted by Gasteiger charge is -2.36. The van der Waals surface area contributed by atoms with Crippen molar-refractivity contribution in [1.29, 1.82) is 0 Å². The molecule has 1 aliphatic rings. The van der Waals surface area contributed by atoms with Crippen LogP contribution in [0.1, 0.15) is 66.4 Å². The van der Waals surface area contributed by atoms with E-state index in [1.165, 1.54) is 0 Å². The van der Waals surface area contributed by atoms with Gasteiger partial charge in [-0.2, -0.15) is 0 Å². The van der Waals surface area contributed by atoms with E-state index in [1.807, 2.05) is 39.8 Å². The molecule has 1 aliphatic heterocycles. The maximum absolute atomic E-state index is 12.8. The predicted molar refractivity (Wildman–Crippen MR) is 139 cm³/mol. The van der Waals surface area contributed by atoms with E-state index in [1.54, 1.807) is 4.90 Å². The second kappa shape index (κ2) is 11.5. The van der Waals surface area contributed by atoms with E-state index >= 15 is 0 Å². The highest BCUT2D eigenvalue weighted by Gasteiger charge is 2.40. The molecule has 7 nitrogen and oxygen atoms in total. The number of nitrogens with zero attached hydrogens (tertiary/aromatic N) is 1. The summed E-state index contributed by atoms with van der Waals surface area (Å²) in [6, 6.07) is 5.97. The predicted octanol–water partition coefficient (Wildman–Crippen LogP) is 6.54. The number of amides is 2. The van der Waals surface area contributed by atoms with E-state index in [4.69, 9.17) is 13.9 Å². The lowest BCUT2D eigenvalue weighted by molar-refractivity contribution is 0.132. The molecule has 0 aliphatic carbocycles. The third-order valence-corrected chi connectivity index (χ3v) is 10.7. The number of hydrogen-bond donors (Lipinski definition) is 1. The Morgan fingerprint density at radius 3 is 2.29 bits per heavy atom. The third-order valence-electron chi connectivity index (χ3n) is 6.38. The second-order valence-electron chi connectivity index (χ2n) is 11.6. The molecule has 1 N–H and O–H groups in total. The maximum Gasteiger partial charge on any atom is 0.414 e. The van der Waals surface area contributed by atoms with Crippen LogP contribution in [0.3, 0.4) is 0 Å². The molecule has 1 heterocycles. The molecule has 0 saturated heterocycles. The van der Waals surface area contributed by atoms with Crippen LogP contribution in [0.5, 0.6) is 5.75 Å². The zero-order valence-corrected chi connectivity index (χ0v) is 23.5. The quantitative estimate of drug-likeness (QED) is 0.396. The molecule has 192 valence electrons. The number of carbonyl (C=O) groups is 2. The molecule has 1 aromatic rings. The first-order valence-corrected chi connectivity index (χ1v) is 15.3. The van der Waals surface area contributed by atoms with Gasteiger partial charge < -0.3 is 19.2 Å². The van der Waals surface area contributed by atoms with Gasteiger partial charge in [-0.05, 0) is 60.2 Å². The van der Waals surface area contributed by atoms with Gasteiger partial charge >= 0.3 is 12.2 Å². The molecule has 1 aromatic carbocycles. The first-order valence-electron chi connectivity index (χ1n) is 12.4. The highest BCUT2D eigenvalue weighted by molar-refractivity contribution is 6.74. The lowest BCUT2D eigenvalue weighted by Crippen LogP contribution is -2.43. The average Bonchev–Trinajstić information content (AvgIpc) is 3.07. The first kappa shape index (κ1) is 28.0. The number of benzene rings is 1. The van der Waals surface area contributed by atoms with Crippen LogP contribution in [0.15, 0.2) is 18.2 Å². The van der Waals surface area contributed by atoms with Gasteiger partial charge in [-0.3, -0.25) is 4.90 Å². The van der Waals surface area contributed by atoms with Gasteiger partial charge in [-0.15, -0.1) is 0 Å². The molecule has 2 rings (SSSR count). The molecular weight excluding hydrogens is 448 g/mol. The number of nitrogens with one attached hydrogen (secondary N) is 1. The van der Waals surface area contributed by atoms with Crippen LogP contribution in [0.25, 0.3) is 0 Å². The Labute approximate surface area is 206 Å². The Balaban J connectivity index is 2.18. The van der Waals surface area contributed by atoms with E-state index in [9.17, 15) is 9.59 Å². The molecule has 1 unspecified atom stereocenters. The summed E-state index contributed by atoms with van der Waals surface area (Å²) in [5.74, 6) is 1.45. The number of rotatable bonds is 9. The molecule has 0 saturated carbocycles. The number of anilines is 1. The average molecular weight is 493 g/mol. The monoisotopic (exact) mass is 492 g/mol. The van der Waals surface area contributed by atoms with Gasteiger partial charge in [0.2, 0.25) is 8.32 Å². The summed E-state index contributed by atoms with van der Waals surface area (Å²) in [4.78, 5) is 26.5. The molecule has 8 heteroatoms. The Kier molecular flexibility index (Phi) is 9.45. The Morgan fingerprint density at radius 1 is 1.09 bits per heavy atom. The summed E-state index contributed by atoms with van der Waals surface area (Å²) >= 11 is 0. The van der Waals surface area contributed by atoms with E-state index in [0.717, 1.165) is 17.0 Å². The number of hydrogen-bond acceptors (Lipinski definition) is 5. The van der Waals surface area contributed by atoms with Gasteiger partial charge in [0.25, 0.3) is 0 Å². The van der Waals surface area contributed by atoms with E-state index in [0.29, 0.717) is 32.7 Å². The van der Waals surface area contributed by atoms with Gasteiger partial charge in [-0.25, -0.2) is 9.59 Å². The number of ether oxygens (including phenoxy) is 2. The topological polar surface area (TPSA) is 77.1 Å². The van der Waals surface area contributed by atoms with Crippen molar-refractivity contribution >= 4 is 26.2 Å². The minimum atomic E-state index is -2.00. The Hall–Kier alpha value is -2.22. The van der Waals surface area contributed by atoms with Crippen molar-refractivity contribution in [2.24, 2.45) is 11.8 Å². The SMILES string of the molecule is CC(C)COC(=O)NCCC1CN(C(=O)OCC(C)C)c2ccc(O[Si](C)(C)C(C)(C)C)cc21. The fourth-order valence-corrected chi connectivity index (χ4v) is 4.43. The standard InChI is InChI=1S/C26H44N2O5Si/c1-18(2)16-31-24(29)27-13-12-20-15-28(25(30)32-17-19(3)4)23-11-10-21(14-22(20)23)33-34(8,9)26(5,6)7/h10-11,14,18-20H,12-13,15-17H2,1-9H3,(H,27,29). The molecule has 2 amide bonds. The van der Waals surface area contributed by atoms with E-state index in [-0.39, 0.29) is 28.9 Å². The molecule has 1 atom stereocenters. The number of alkyl carbamates (subject to hydrolysis) is 1. The summed E-state index contributed by atoms with van der Waals surface area (Å²) in [7, 11) is -2.00. The molecular formula is C26H44N2O5Si. The van der Waals surface area contributed by atoms with Crippen LogP contribution in [0.2, 0.25) is 18.1 Å². The van der Waals surface area contributed by atoms with Crippen molar-refractivity contribution in [2.45, 2.75) is 78.9 Å². The van der Waals surface area contributed by atoms with Crippen LogP contribution >= 0.6 is 0 Å². The summed E-state index contributed by atoms with van der Waals surface area (Å²) in [5, 5.41) is 2.91. The Bertz CT molecular complexity index is 848.